The fourth-order valence-corrected chi connectivity index (χ4v) is 3.73. The lowest BCUT2D eigenvalue weighted by Crippen LogP contribution is -2.45. The maximum atomic E-state index is 9.31. The summed E-state index contributed by atoms with van der Waals surface area (Å²) in [6, 6.07) is 3.67. The normalized spacial score (nSPS) is 30.6. The minimum atomic E-state index is -0.354. The van der Waals surface area contributed by atoms with Gasteiger partial charge in [-0.3, -0.25) is 5.32 Å². The molecule has 102 valence electrons. The highest BCUT2D eigenvalue weighted by Gasteiger charge is 2.37. The summed E-state index contributed by atoms with van der Waals surface area (Å²) in [6.45, 7) is 8.73. The number of nitrogens with zero attached hydrogens (tertiary/aromatic N) is 2. The van der Waals surface area contributed by atoms with Gasteiger partial charge < -0.3 is 4.90 Å². The van der Waals surface area contributed by atoms with E-state index in [1.165, 1.54) is 32.4 Å². The minimum Gasteiger partial charge on any atom is -0.300 e. The Morgan fingerprint density at radius 2 is 2.22 bits per heavy atom. The highest BCUT2D eigenvalue weighted by atomic mass is 15.2. The smallest absolute Gasteiger partial charge is 0.104 e. The van der Waals surface area contributed by atoms with Crippen LogP contribution in [0.5, 0.6) is 0 Å². The van der Waals surface area contributed by atoms with Crippen LogP contribution in [-0.2, 0) is 0 Å². The third kappa shape index (κ3) is 3.24. The van der Waals surface area contributed by atoms with Crippen LogP contribution in [0, 0.1) is 17.2 Å². The van der Waals surface area contributed by atoms with Gasteiger partial charge in [0.25, 0.3) is 0 Å². The molecule has 0 aromatic rings. The molecule has 0 aromatic heterocycles. The van der Waals surface area contributed by atoms with Gasteiger partial charge in [-0.15, -0.1) is 0 Å². The molecule has 3 nitrogen and oxygen atoms in total. The van der Waals surface area contributed by atoms with E-state index in [0.717, 1.165) is 24.8 Å². The molecule has 3 unspecified atom stereocenters. The van der Waals surface area contributed by atoms with E-state index in [0.29, 0.717) is 6.04 Å². The fraction of sp³-hybridized carbons (Fsp3) is 0.933. The zero-order valence-electron chi connectivity index (χ0n) is 12.1. The molecule has 0 radical (unpaired) electrons. The molecule has 1 heterocycles. The van der Waals surface area contributed by atoms with Gasteiger partial charge in [0, 0.05) is 18.6 Å². The molecule has 1 aliphatic heterocycles. The summed E-state index contributed by atoms with van der Waals surface area (Å²) in [6.07, 6.45) is 6.37. The number of nitriles is 1. The van der Waals surface area contributed by atoms with Crippen molar-refractivity contribution in [2.24, 2.45) is 5.92 Å². The van der Waals surface area contributed by atoms with Gasteiger partial charge in [0.15, 0.2) is 0 Å². The molecule has 1 saturated carbocycles. The van der Waals surface area contributed by atoms with Crippen LogP contribution < -0.4 is 5.32 Å². The lowest BCUT2D eigenvalue weighted by atomic mass is 9.96. The molecule has 1 N–H and O–H groups in total. The Kier molecular flexibility index (Phi) is 4.29. The predicted molar refractivity (Wildman–Crippen MR) is 74.2 cm³/mol. The van der Waals surface area contributed by atoms with Gasteiger partial charge in [-0.2, -0.15) is 5.26 Å². The molecule has 0 aromatic carbocycles. The molecule has 2 aliphatic rings. The summed E-state index contributed by atoms with van der Waals surface area (Å²) in [5.74, 6) is 0.978. The summed E-state index contributed by atoms with van der Waals surface area (Å²) < 4.78 is 0. The quantitative estimate of drug-likeness (QED) is 0.786. The van der Waals surface area contributed by atoms with Crippen LogP contribution in [0.3, 0.4) is 0 Å². The Balaban J connectivity index is 1.72. The third-order valence-corrected chi connectivity index (χ3v) is 4.50. The second-order valence-electron chi connectivity index (χ2n) is 6.67. The number of nitrogens with one attached hydrogen (secondary N) is 1. The molecule has 3 atom stereocenters. The first-order chi connectivity index (χ1) is 8.52. The van der Waals surface area contributed by atoms with Crippen LogP contribution in [0.15, 0.2) is 0 Å². The molecular weight excluding hydrogens is 222 g/mol. The monoisotopic (exact) mass is 249 g/mol. The predicted octanol–water partition coefficient (Wildman–Crippen LogP) is 2.53. The highest BCUT2D eigenvalue weighted by Crippen LogP contribution is 2.37. The number of fused-ring (bicyclic) bond motifs is 2. The second kappa shape index (κ2) is 5.59. The molecule has 1 aliphatic carbocycles. The molecule has 2 fully saturated rings. The lowest BCUT2D eigenvalue weighted by Gasteiger charge is -2.29. The molecule has 18 heavy (non-hydrogen) atoms. The van der Waals surface area contributed by atoms with Crippen LogP contribution in [0.1, 0.15) is 52.9 Å². The topological polar surface area (TPSA) is 39.1 Å². The largest absolute Gasteiger partial charge is 0.300 e. The molecule has 1 saturated heterocycles. The summed E-state index contributed by atoms with van der Waals surface area (Å²) in [5, 5.41) is 12.7. The van der Waals surface area contributed by atoms with E-state index in [-0.39, 0.29) is 5.54 Å². The van der Waals surface area contributed by atoms with Crippen molar-refractivity contribution in [2.45, 2.75) is 70.5 Å². The van der Waals surface area contributed by atoms with Gasteiger partial charge in [0.1, 0.15) is 5.54 Å². The molecular formula is C15H27N3. The van der Waals surface area contributed by atoms with Crippen molar-refractivity contribution in [1.29, 1.82) is 5.26 Å². The first kappa shape index (κ1) is 13.8. The van der Waals surface area contributed by atoms with E-state index in [4.69, 9.17) is 0 Å². The van der Waals surface area contributed by atoms with Crippen molar-refractivity contribution in [1.82, 2.24) is 10.2 Å². The maximum Gasteiger partial charge on any atom is 0.104 e. The number of likely N-dealkylation sites (tertiary alicyclic amines) is 1. The van der Waals surface area contributed by atoms with Crippen LogP contribution in [0.2, 0.25) is 0 Å². The lowest BCUT2D eigenvalue weighted by molar-refractivity contribution is 0.203. The molecule has 0 spiro atoms. The number of piperidine rings is 1. The zero-order chi connectivity index (χ0) is 13.2. The van der Waals surface area contributed by atoms with Gasteiger partial charge in [-0.1, -0.05) is 0 Å². The Morgan fingerprint density at radius 1 is 1.44 bits per heavy atom. The van der Waals surface area contributed by atoms with E-state index in [2.05, 4.69) is 30.1 Å². The van der Waals surface area contributed by atoms with Crippen LogP contribution in [0.4, 0.5) is 0 Å². The van der Waals surface area contributed by atoms with Crippen molar-refractivity contribution in [3.05, 3.63) is 0 Å². The molecule has 2 rings (SSSR count). The van der Waals surface area contributed by atoms with Gasteiger partial charge in [0.05, 0.1) is 6.07 Å². The highest BCUT2D eigenvalue weighted by molar-refractivity contribution is 5.04. The summed E-state index contributed by atoms with van der Waals surface area (Å²) in [7, 11) is 0. The van der Waals surface area contributed by atoms with E-state index < -0.39 is 0 Å². The summed E-state index contributed by atoms with van der Waals surface area (Å²) >= 11 is 0. The Hall–Kier alpha value is -0.590. The van der Waals surface area contributed by atoms with E-state index in [9.17, 15) is 5.26 Å². The fourth-order valence-electron chi connectivity index (χ4n) is 3.73. The van der Waals surface area contributed by atoms with Gasteiger partial charge >= 0.3 is 0 Å². The molecule has 2 bridgehead atoms. The van der Waals surface area contributed by atoms with Crippen molar-refractivity contribution >= 4 is 0 Å². The Morgan fingerprint density at radius 3 is 2.72 bits per heavy atom. The van der Waals surface area contributed by atoms with Gasteiger partial charge in [0.2, 0.25) is 0 Å². The van der Waals surface area contributed by atoms with Crippen molar-refractivity contribution in [3.63, 3.8) is 0 Å². The van der Waals surface area contributed by atoms with Crippen LogP contribution in [-0.4, -0.2) is 35.6 Å². The SMILES string of the molecule is CC(C)NC(C)(C#N)CCCN1CC2CCC1C2. The third-order valence-electron chi connectivity index (χ3n) is 4.50. The minimum absolute atomic E-state index is 0.354. The standard InChI is InChI=1S/C15H27N3/c1-12(2)17-15(3,11-16)7-4-8-18-10-13-5-6-14(18)9-13/h12-14,17H,4-10H2,1-3H3. The Labute approximate surface area is 112 Å². The van der Waals surface area contributed by atoms with Crippen LogP contribution in [0.25, 0.3) is 0 Å². The van der Waals surface area contributed by atoms with E-state index >= 15 is 0 Å². The van der Waals surface area contributed by atoms with Crippen molar-refractivity contribution in [3.8, 4) is 6.07 Å². The second-order valence-corrected chi connectivity index (χ2v) is 6.67. The summed E-state index contributed by atoms with van der Waals surface area (Å²) in [4.78, 5) is 2.65. The number of rotatable bonds is 6. The van der Waals surface area contributed by atoms with Crippen molar-refractivity contribution < 1.29 is 0 Å². The van der Waals surface area contributed by atoms with Gasteiger partial charge in [-0.05, 0) is 65.3 Å². The van der Waals surface area contributed by atoms with E-state index in [1.54, 1.807) is 0 Å². The zero-order valence-corrected chi connectivity index (χ0v) is 12.1. The van der Waals surface area contributed by atoms with E-state index in [1.807, 2.05) is 6.92 Å². The molecule has 0 amide bonds. The van der Waals surface area contributed by atoms with Crippen molar-refractivity contribution in [2.75, 3.05) is 13.1 Å². The Bertz CT molecular complexity index is 320. The van der Waals surface area contributed by atoms with Crippen LogP contribution >= 0.6 is 0 Å². The number of hydrogen-bond donors (Lipinski definition) is 1. The summed E-state index contributed by atoms with van der Waals surface area (Å²) in [5.41, 5.74) is -0.354. The molecule has 3 heteroatoms. The first-order valence-electron chi connectivity index (χ1n) is 7.45. The first-order valence-corrected chi connectivity index (χ1v) is 7.45. The average molecular weight is 249 g/mol. The van der Waals surface area contributed by atoms with Gasteiger partial charge in [-0.25, -0.2) is 0 Å². The number of hydrogen-bond acceptors (Lipinski definition) is 3. The average Bonchev–Trinajstić information content (AvgIpc) is 2.90. The maximum absolute atomic E-state index is 9.31.